The first-order chi connectivity index (χ1) is 8.88. The SMILES string of the molecule is C=CCC1Nc2ccccc2Sc2ccccc21. The highest BCUT2D eigenvalue weighted by Crippen LogP contribution is 2.42. The van der Waals surface area contributed by atoms with E-state index in [0.29, 0.717) is 6.04 Å². The monoisotopic (exact) mass is 253 g/mol. The zero-order valence-electron chi connectivity index (χ0n) is 10.1. The summed E-state index contributed by atoms with van der Waals surface area (Å²) in [5.41, 5.74) is 2.57. The Morgan fingerprint density at radius 1 is 1.06 bits per heavy atom. The summed E-state index contributed by atoms with van der Waals surface area (Å²) < 4.78 is 0. The van der Waals surface area contributed by atoms with E-state index in [-0.39, 0.29) is 0 Å². The van der Waals surface area contributed by atoms with E-state index in [4.69, 9.17) is 0 Å². The van der Waals surface area contributed by atoms with E-state index in [1.807, 2.05) is 17.8 Å². The van der Waals surface area contributed by atoms with Crippen LogP contribution in [0.5, 0.6) is 0 Å². The summed E-state index contributed by atoms with van der Waals surface area (Å²) in [5.74, 6) is 0. The topological polar surface area (TPSA) is 12.0 Å². The van der Waals surface area contributed by atoms with E-state index < -0.39 is 0 Å². The third-order valence-corrected chi connectivity index (χ3v) is 4.30. The molecule has 18 heavy (non-hydrogen) atoms. The fourth-order valence-electron chi connectivity index (χ4n) is 2.27. The highest BCUT2D eigenvalue weighted by molar-refractivity contribution is 7.99. The number of para-hydroxylation sites is 1. The first kappa shape index (κ1) is 11.4. The molecule has 0 aromatic heterocycles. The Labute approximate surface area is 112 Å². The molecule has 0 aliphatic carbocycles. The molecule has 1 atom stereocenters. The molecule has 0 radical (unpaired) electrons. The number of hydrogen-bond acceptors (Lipinski definition) is 2. The molecule has 90 valence electrons. The van der Waals surface area contributed by atoms with Crippen molar-refractivity contribution < 1.29 is 0 Å². The minimum absolute atomic E-state index is 0.315. The van der Waals surface area contributed by atoms with Crippen molar-refractivity contribution in [1.82, 2.24) is 0 Å². The molecule has 0 fully saturated rings. The van der Waals surface area contributed by atoms with Gasteiger partial charge in [-0.15, -0.1) is 6.58 Å². The number of benzene rings is 2. The molecule has 0 saturated heterocycles. The van der Waals surface area contributed by atoms with Crippen LogP contribution < -0.4 is 5.32 Å². The molecule has 2 aromatic carbocycles. The molecule has 1 nitrogen and oxygen atoms in total. The van der Waals surface area contributed by atoms with Crippen LogP contribution in [0.4, 0.5) is 5.69 Å². The van der Waals surface area contributed by atoms with Crippen molar-refractivity contribution in [2.45, 2.75) is 22.3 Å². The molecule has 3 rings (SSSR count). The molecular weight excluding hydrogens is 238 g/mol. The van der Waals surface area contributed by atoms with Crippen LogP contribution in [0.25, 0.3) is 0 Å². The largest absolute Gasteiger partial charge is 0.377 e. The van der Waals surface area contributed by atoms with Crippen LogP contribution >= 0.6 is 11.8 Å². The molecular formula is C16H15NS. The van der Waals surface area contributed by atoms with Gasteiger partial charge in [-0.05, 0) is 30.2 Å². The highest BCUT2D eigenvalue weighted by Gasteiger charge is 2.20. The van der Waals surface area contributed by atoms with Crippen LogP contribution in [0.1, 0.15) is 18.0 Å². The molecule has 1 heterocycles. The fraction of sp³-hybridized carbons (Fsp3) is 0.125. The average Bonchev–Trinajstić information content (AvgIpc) is 2.56. The maximum atomic E-state index is 3.87. The van der Waals surface area contributed by atoms with Crippen molar-refractivity contribution in [3.8, 4) is 0 Å². The van der Waals surface area contributed by atoms with Gasteiger partial charge in [0.15, 0.2) is 0 Å². The molecule has 2 heteroatoms. The van der Waals surface area contributed by atoms with Crippen LogP contribution in [-0.2, 0) is 0 Å². The van der Waals surface area contributed by atoms with Crippen molar-refractivity contribution in [2.24, 2.45) is 0 Å². The second-order valence-electron chi connectivity index (χ2n) is 4.36. The quantitative estimate of drug-likeness (QED) is 0.765. The van der Waals surface area contributed by atoms with Crippen LogP contribution in [-0.4, -0.2) is 0 Å². The smallest absolute Gasteiger partial charge is 0.0559 e. The maximum absolute atomic E-state index is 3.87. The van der Waals surface area contributed by atoms with Crippen LogP contribution in [0.2, 0.25) is 0 Å². The lowest BCUT2D eigenvalue weighted by Gasteiger charge is -2.18. The predicted octanol–water partition coefficient (Wildman–Crippen LogP) is 4.88. The van der Waals surface area contributed by atoms with Crippen molar-refractivity contribution in [3.05, 3.63) is 66.7 Å². The third kappa shape index (κ3) is 2.04. The zero-order chi connectivity index (χ0) is 12.4. The van der Waals surface area contributed by atoms with Crippen molar-refractivity contribution in [2.75, 3.05) is 5.32 Å². The summed E-state index contributed by atoms with van der Waals surface area (Å²) in [6, 6.07) is 17.4. The zero-order valence-corrected chi connectivity index (χ0v) is 10.9. The number of anilines is 1. The van der Waals surface area contributed by atoms with E-state index in [9.17, 15) is 0 Å². The number of nitrogens with one attached hydrogen (secondary N) is 1. The van der Waals surface area contributed by atoms with E-state index in [2.05, 4.69) is 60.4 Å². The second-order valence-corrected chi connectivity index (χ2v) is 5.44. The maximum Gasteiger partial charge on any atom is 0.0559 e. The summed E-state index contributed by atoms with van der Waals surface area (Å²) >= 11 is 1.84. The Hall–Kier alpha value is -1.67. The van der Waals surface area contributed by atoms with Gasteiger partial charge in [0.2, 0.25) is 0 Å². The molecule has 0 spiro atoms. The molecule has 2 aromatic rings. The van der Waals surface area contributed by atoms with Crippen LogP contribution in [0.3, 0.4) is 0 Å². The first-order valence-corrected chi connectivity index (χ1v) is 6.93. The van der Waals surface area contributed by atoms with Gasteiger partial charge < -0.3 is 5.32 Å². The lowest BCUT2D eigenvalue weighted by molar-refractivity contribution is 0.782. The second kappa shape index (κ2) is 4.91. The Balaban J connectivity index is 2.11. The van der Waals surface area contributed by atoms with Gasteiger partial charge in [-0.1, -0.05) is 48.2 Å². The highest BCUT2D eigenvalue weighted by atomic mass is 32.2. The molecule has 0 saturated carbocycles. The number of hydrogen-bond donors (Lipinski definition) is 1. The summed E-state index contributed by atoms with van der Waals surface area (Å²) in [6.07, 6.45) is 2.92. The Kier molecular flexibility index (Phi) is 3.11. The standard InChI is InChI=1S/C16H15NS/c1-2-7-13-12-8-3-5-10-15(12)18-16-11-6-4-9-14(16)17-13/h2-6,8-11,13,17H,1,7H2. The first-order valence-electron chi connectivity index (χ1n) is 6.12. The third-order valence-electron chi connectivity index (χ3n) is 3.13. The lowest BCUT2D eigenvalue weighted by atomic mass is 10.0. The fourth-order valence-corrected chi connectivity index (χ4v) is 3.37. The van der Waals surface area contributed by atoms with E-state index in [0.717, 1.165) is 6.42 Å². The minimum atomic E-state index is 0.315. The van der Waals surface area contributed by atoms with Gasteiger partial charge in [-0.2, -0.15) is 0 Å². The van der Waals surface area contributed by atoms with Crippen molar-refractivity contribution in [1.29, 1.82) is 0 Å². The Morgan fingerprint density at radius 2 is 1.78 bits per heavy atom. The predicted molar refractivity (Wildman–Crippen MR) is 78.2 cm³/mol. The summed E-state index contributed by atoms with van der Waals surface area (Å²) in [7, 11) is 0. The average molecular weight is 253 g/mol. The summed E-state index contributed by atoms with van der Waals surface area (Å²) in [4.78, 5) is 2.62. The number of rotatable bonds is 2. The van der Waals surface area contributed by atoms with Gasteiger partial charge in [0.1, 0.15) is 0 Å². The molecule has 0 bridgehead atoms. The van der Waals surface area contributed by atoms with Gasteiger partial charge >= 0.3 is 0 Å². The van der Waals surface area contributed by atoms with E-state index in [1.165, 1.54) is 21.0 Å². The minimum Gasteiger partial charge on any atom is -0.377 e. The van der Waals surface area contributed by atoms with Gasteiger partial charge in [0.25, 0.3) is 0 Å². The van der Waals surface area contributed by atoms with Gasteiger partial charge in [0, 0.05) is 15.5 Å². The number of fused-ring (bicyclic) bond motifs is 2. The van der Waals surface area contributed by atoms with Gasteiger partial charge in [-0.25, -0.2) is 0 Å². The summed E-state index contributed by atoms with van der Waals surface area (Å²) in [5, 5.41) is 3.62. The molecule has 1 unspecified atom stereocenters. The van der Waals surface area contributed by atoms with Crippen LogP contribution in [0.15, 0.2) is 71.0 Å². The van der Waals surface area contributed by atoms with E-state index >= 15 is 0 Å². The van der Waals surface area contributed by atoms with Gasteiger partial charge in [0.05, 0.1) is 6.04 Å². The molecule has 1 aliphatic heterocycles. The molecule has 1 N–H and O–H groups in total. The van der Waals surface area contributed by atoms with E-state index in [1.54, 1.807) is 0 Å². The van der Waals surface area contributed by atoms with Crippen molar-refractivity contribution >= 4 is 17.4 Å². The van der Waals surface area contributed by atoms with Crippen LogP contribution in [0, 0.1) is 0 Å². The molecule has 0 amide bonds. The summed E-state index contributed by atoms with van der Waals surface area (Å²) in [6.45, 7) is 3.87. The lowest BCUT2D eigenvalue weighted by Crippen LogP contribution is -2.09. The van der Waals surface area contributed by atoms with Crippen molar-refractivity contribution in [3.63, 3.8) is 0 Å². The molecule has 1 aliphatic rings. The Bertz CT molecular complexity index is 577. The van der Waals surface area contributed by atoms with Gasteiger partial charge in [-0.3, -0.25) is 0 Å². The normalized spacial score (nSPS) is 17.0. The Morgan fingerprint density at radius 3 is 2.61 bits per heavy atom.